The number of hydrogen-bond acceptors (Lipinski definition) is 7. The smallest absolute Gasteiger partial charge is 0.331 e. The number of carboxylic acid groups (broad SMARTS) is 1. The fraction of sp³-hybridized carbons (Fsp3) is 0.0909. The quantitative estimate of drug-likeness (QED) is 0.566. The first-order chi connectivity index (χ1) is 9.49. The van der Waals surface area contributed by atoms with E-state index in [1.165, 1.54) is 23.5 Å². The summed E-state index contributed by atoms with van der Waals surface area (Å²) >= 11 is 1.28. The lowest BCUT2D eigenvalue weighted by Gasteiger charge is -2.13. The monoisotopic (exact) mass is 294 g/mol. The molecule has 2 aromatic heterocycles. The molecule has 20 heavy (non-hydrogen) atoms. The van der Waals surface area contributed by atoms with Gasteiger partial charge >= 0.3 is 11.7 Å². The molecular weight excluding hydrogens is 284 g/mol. The Bertz CT molecular complexity index is 644. The van der Waals surface area contributed by atoms with Crippen LogP contribution < -0.4 is 11.1 Å². The van der Waals surface area contributed by atoms with Gasteiger partial charge in [-0.1, -0.05) is 6.07 Å². The summed E-state index contributed by atoms with van der Waals surface area (Å²) in [7, 11) is 0. The van der Waals surface area contributed by atoms with Crippen molar-refractivity contribution in [1.29, 1.82) is 0 Å². The number of hydrogen-bond donors (Lipinski definition) is 3. The lowest BCUT2D eigenvalue weighted by molar-refractivity contribution is -0.384. The molecule has 0 saturated carbocycles. The number of nitro groups is 1. The fourth-order valence-corrected chi connectivity index (χ4v) is 2.33. The highest BCUT2D eigenvalue weighted by atomic mass is 32.1. The molecule has 0 radical (unpaired) electrons. The molecule has 2 heterocycles. The van der Waals surface area contributed by atoms with E-state index in [0.29, 0.717) is 4.88 Å². The van der Waals surface area contributed by atoms with Crippen LogP contribution in [0.5, 0.6) is 0 Å². The van der Waals surface area contributed by atoms with Crippen LogP contribution in [0.3, 0.4) is 0 Å². The Morgan fingerprint density at radius 1 is 1.50 bits per heavy atom. The van der Waals surface area contributed by atoms with E-state index in [-0.39, 0.29) is 17.3 Å². The van der Waals surface area contributed by atoms with Gasteiger partial charge < -0.3 is 16.2 Å². The molecule has 0 bridgehead atoms. The molecule has 1 unspecified atom stereocenters. The number of nitrogens with one attached hydrogen (secondary N) is 1. The summed E-state index contributed by atoms with van der Waals surface area (Å²) in [5.74, 6) is -1.18. The standard InChI is InChI=1S/C11H10N4O4S/c12-10-6(15(18)19)3-4-8(14-10)13-9(11(16)17)7-2-1-5-20-7/h1-5,9H,(H,16,17)(H3,12,13,14). The number of nitrogen functional groups attached to an aromatic ring is 1. The first-order valence-electron chi connectivity index (χ1n) is 5.42. The van der Waals surface area contributed by atoms with E-state index >= 15 is 0 Å². The van der Waals surface area contributed by atoms with Gasteiger partial charge in [-0.25, -0.2) is 9.78 Å². The molecule has 0 aromatic carbocycles. The zero-order valence-electron chi connectivity index (χ0n) is 10.0. The molecule has 4 N–H and O–H groups in total. The van der Waals surface area contributed by atoms with E-state index in [4.69, 9.17) is 5.73 Å². The number of nitrogens with two attached hydrogens (primary N) is 1. The van der Waals surface area contributed by atoms with Gasteiger partial charge in [0.15, 0.2) is 6.04 Å². The molecule has 9 heteroatoms. The third-order valence-electron chi connectivity index (χ3n) is 2.47. The number of aromatic nitrogens is 1. The van der Waals surface area contributed by atoms with E-state index < -0.39 is 16.9 Å². The normalized spacial score (nSPS) is 11.8. The number of carboxylic acids is 1. The van der Waals surface area contributed by atoms with Crippen LogP contribution in [0.4, 0.5) is 17.3 Å². The second kappa shape index (κ2) is 5.53. The van der Waals surface area contributed by atoms with Crippen molar-refractivity contribution in [2.24, 2.45) is 0 Å². The van der Waals surface area contributed by atoms with Gasteiger partial charge in [-0.15, -0.1) is 11.3 Å². The minimum atomic E-state index is -1.08. The average Bonchev–Trinajstić information content (AvgIpc) is 2.88. The molecule has 8 nitrogen and oxygen atoms in total. The summed E-state index contributed by atoms with van der Waals surface area (Å²) in [5, 5.41) is 24.3. The minimum absolute atomic E-state index is 0.161. The van der Waals surface area contributed by atoms with Gasteiger partial charge in [0.25, 0.3) is 0 Å². The highest BCUT2D eigenvalue weighted by molar-refractivity contribution is 7.10. The third-order valence-corrected chi connectivity index (χ3v) is 3.40. The van der Waals surface area contributed by atoms with Gasteiger partial charge in [-0.3, -0.25) is 10.1 Å². The van der Waals surface area contributed by atoms with Crippen LogP contribution in [0, 0.1) is 10.1 Å². The molecule has 0 spiro atoms. The maximum Gasteiger partial charge on any atom is 0.331 e. The second-order valence-corrected chi connectivity index (χ2v) is 4.77. The summed E-state index contributed by atoms with van der Waals surface area (Å²) in [6.07, 6.45) is 0. The maximum absolute atomic E-state index is 11.2. The van der Waals surface area contributed by atoms with Crippen molar-refractivity contribution in [2.45, 2.75) is 6.04 Å². The van der Waals surface area contributed by atoms with Crippen LogP contribution >= 0.6 is 11.3 Å². The molecule has 0 aliphatic carbocycles. The Balaban J connectivity index is 2.26. The van der Waals surface area contributed by atoms with Crippen LogP contribution in [0.15, 0.2) is 29.6 Å². The van der Waals surface area contributed by atoms with Crippen molar-refractivity contribution in [3.8, 4) is 0 Å². The molecule has 104 valence electrons. The van der Waals surface area contributed by atoms with Crippen molar-refractivity contribution in [3.63, 3.8) is 0 Å². The van der Waals surface area contributed by atoms with Gasteiger partial charge in [-0.05, 0) is 17.5 Å². The summed E-state index contributed by atoms with van der Waals surface area (Å²) in [6.45, 7) is 0. The number of aliphatic carboxylic acids is 1. The Morgan fingerprint density at radius 3 is 2.75 bits per heavy atom. The van der Waals surface area contributed by atoms with Gasteiger partial charge in [-0.2, -0.15) is 0 Å². The SMILES string of the molecule is Nc1nc(NC(C(=O)O)c2cccs2)ccc1[N+](=O)[O-]. The molecule has 0 fully saturated rings. The van der Waals surface area contributed by atoms with Gasteiger partial charge in [0.1, 0.15) is 5.82 Å². The van der Waals surface area contributed by atoms with Gasteiger partial charge in [0, 0.05) is 10.9 Å². The van der Waals surface area contributed by atoms with E-state index in [9.17, 15) is 20.0 Å². The van der Waals surface area contributed by atoms with Crippen LogP contribution in [-0.2, 0) is 4.79 Å². The zero-order valence-corrected chi connectivity index (χ0v) is 10.8. The van der Waals surface area contributed by atoms with Crippen molar-refractivity contribution in [2.75, 3.05) is 11.1 Å². The number of pyridine rings is 1. The Labute approximate surface area is 117 Å². The molecule has 2 rings (SSSR count). The molecular formula is C11H10N4O4S. The molecule has 0 aliphatic rings. The third kappa shape index (κ3) is 2.83. The van der Waals surface area contributed by atoms with Gasteiger partial charge in [0.05, 0.1) is 4.92 Å². The summed E-state index contributed by atoms with van der Waals surface area (Å²) in [6, 6.07) is 4.92. The largest absolute Gasteiger partial charge is 0.479 e. The van der Waals surface area contributed by atoms with Crippen LogP contribution in [0.2, 0.25) is 0 Å². The Kier molecular flexibility index (Phi) is 3.80. The summed E-state index contributed by atoms with van der Waals surface area (Å²) in [4.78, 5) is 25.6. The molecule has 0 aliphatic heterocycles. The first-order valence-corrected chi connectivity index (χ1v) is 6.30. The lowest BCUT2D eigenvalue weighted by Crippen LogP contribution is -2.20. The number of carbonyl (C=O) groups is 1. The zero-order chi connectivity index (χ0) is 14.7. The van der Waals surface area contributed by atoms with Crippen molar-refractivity contribution >= 4 is 34.6 Å². The minimum Gasteiger partial charge on any atom is -0.479 e. The van der Waals surface area contributed by atoms with Crippen molar-refractivity contribution in [1.82, 2.24) is 4.98 Å². The van der Waals surface area contributed by atoms with Crippen molar-refractivity contribution in [3.05, 3.63) is 44.6 Å². The second-order valence-electron chi connectivity index (χ2n) is 3.79. The van der Waals surface area contributed by atoms with Crippen LogP contribution in [-0.4, -0.2) is 21.0 Å². The van der Waals surface area contributed by atoms with Crippen LogP contribution in [0.1, 0.15) is 10.9 Å². The number of anilines is 2. The van der Waals surface area contributed by atoms with Gasteiger partial charge in [0.2, 0.25) is 5.82 Å². The predicted molar refractivity (Wildman–Crippen MR) is 73.6 cm³/mol. The molecule has 0 saturated heterocycles. The average molecular weight is 294 g/mol. The topological polar surface area (TPSA) is 131 Å². The predicted octanol–water partition coefficient (Wildman–Crippen LogP) is 1.87. The molecule has 0 amide bonds. The van der Waals surface area contributed by atoms with E-state index in [2.05, 4.69) is 10.3 Å². The fourth-order valence-electron chi connectivity index (χ4n) is 1.56. The Hall–Kier alpha value is -2.68. The van der Waals surface area contributed by atoms with E-state index in [1.807, 2.05) is 0 Å². The highest BCUT2D eigenvalue weighted by Crippen LogP contribution is 2.26. The molecule has 1 atom stereocenters. The van der Waals surface area contributed by atoms with Crippen LogP contribution in [0.25, 0.3) is 0 Å². The number of rotatable bonds is 5. The van der Waals surface area contributed by atoms with E-state index in [1.54, 1.807) is 17.5 Å². The number of thiophene rings is 1. The number of nitrogens with zero attached hydrogens (tertiary/aromatic N) is 2. The lowest BCUT2D eigenvalue weighted by atomic mass is 10.2. The summed E-state index contributed by atoms with van der Waals surface area (Å²) < 4.78 is 0. The van der Waals surface area contributed by atoms with E-state index in [0.717, 1.165) is 0 Å². The first kappa shape index (κ1) is 13.7. The highest BCUT2D eigenvalue weighted by Gasteiger charge is 2.22. The Morgan fingerprint density at radius 2 is 2.25 bits per heavy atom. The summed E-state index contributed by atoms with van der Waals surface area (Å²) in [5.41, 5.74) is 5.13. The molecule has 2 aromatic rings. The van der Waals surface area contributed by atoms with Crippen molar-refractivity contribution < 1.29 is 14.8 Å². The maximum atomic E-state index is 11.2.